The second-order valence-electron chi connectivity index (χ2n) is 3.69. The number of nitrogens with zero attached hydrogens (tertiary/aromatic N) is 4. The monoisotopic (exact) mass is 214 g/mol. The van der Waals surface area contributed by atoms with E-state index in [9.17, 15) is 9.18 Å². The highest BCUT2D eigenvalue weighted by molar-refractivity contribution is 5.78. The summed E-state index contributed by atoms with van der Waals surface area (Å²) >= 11 is 0. The fourth-order valence-electron chi connectivity index (χ4n) is 1.82. The summed E-state index contributed by atoms with van der Waals surface area (Å²) in [5.74, 6) is 0.269. The largest absolute Gasteiger partial charge is 0.343 e. The van der Waals surface area contributed by atoms with Crippen LogP contribution in [0.1, 0.15) is 19.3 Å². The summed E-state index contributed by atoms with van der Waals surface area (Å²) in [5, 5.41) is 3.23. The van der Waals surface area contributed by atoms with E-state index in [2.05, 4.69) is 10.0 Å². The SMILES string of the molecule is [N-]=[N+]=NCC(=O)N1CCC(CCF)CC1. The van der Waals surface area contributed by atoms with E-state index in [0.717, 1.165) is 12.8 Å². The molecule has 0 saturated carbocycles. The lowest BCUT2D eigenvalue weighted by molar-refractivity contribution is -0.131. The van der Waals surface area contributed by atoms with Gasteiger partial charge in [-0.3, -0.25) is 9.18 Å². The summed E-state index contributed by atoms with van der Waals surface area (Å²) in [7, 11) is 0. The molecular formula is C9H15FN4O. The van der Waals surface area contributed by atoms with Gasteiger partial charge in [0.05, 0.1) is 6.67 Å². The van der Waals surface area contributed by atoms with E-state index < -0.39 is 0 Å². The molecule has 0 aromatic rings. The lowest BCUT2D eigenvalue weighted by Gasteiger charge is -2.31. The number of carbonyl (C=O) groups excluding carboxylic acids is 1. The average Bonchev–Trinajstić information content (AvgIpc) is 2.27. The van der Waals surface area contributed by atoms with E-state index in [1.807, 2.05) is 0 Å². The molecule has 84 valence electrons. The van der Waals surface area contributed by atoms with Crippen LogP contribution in [0.15, 0.2) is 5.11 Å². The molecule has 0 bridgehead atoms. The van der Waals surface area contributed by atoms with Crippen molar-refractivity contribution in [2.45, 2.75) is 19.3 Å². The first-order valence-corrected chi connectivity index (χ1v) is 5.12. The zero-order chi connectivity index (χ0) is 11.1. The number of carbonyl (C=O) groups is 1. The normalized spacial score (nSPS) is 17.3. The van der Waals surface area contributed by atoms with Crippen molar-refractivity contribution in [2.24, 2.45) is 11.0 Å². The van der Waals surface area contributed by atoms with E-state index in [1.165, 1.54) is 0 Å². The minimum atomic E-state index is -0.280. The number of piperidine rings is 1. The van der Waals surface area contributed by atoms with Crippen LogP contribution in [0.5, 0.6) is 0 Å². The van der Waals surface area contributed by atoms with Gasteiger partial charge < -0.3 is 4.90 Å². The molecule has 0 spiro atoms. The Labute approximate surface area is 87.9 Å². The maximum absolute atomic E-state index is 12.1. The Balaban J connectivity index is 2.30. The molecule has 1 heterocycles. The van der Waals surface area contributed by atoms with Gasteiger partial charge in [-0.2, -0.15) is 0 Å². The van der Waals surface area contributed by atoms with Crippen molar-refractivity contribution in [3.63, 3.8) is 0 Å². The first-order chi connectivity index (χ1) is 7.27. The van der Waals surface area contributed by atoms with Gasteiger partial charge in [0.1, 0.15) is 6.54 Å². The summed E-state index contributed by atoms with van der Waals surface area (Å²) in [6, 6.07) is 0. The van der Waals surface area contributed by atoms with Gasteiger partial charge in [-0.15, -0.1) is 0 Å². The standard InChI is InChI=1S/C9H15FN4O/c10-4-1-8-2-5-14(6-3-8)9(15)7-12-13-11/h8H,1-7H2. The molecule has 0 aromatic heterocycles. The van der Waals surface area contributed by atoms with E-state index >= 15 is 0 Å². The summed E-state index contributed by atoms with van der Waals surface area (Å²) < 4.78 is 12.1. The van der Waals surface area contributed by atoms with Crippen LogP contribution < -0.4 is 0 Å². The summed E-state index contributed by atoms with van der Waals surface area (Å²) in [5.41, 5.74) is 8.07. The quantitative estimate of drug-likeness (QED) is 0.400. The molecule has 1 aliphatic rings. The van der Waals surface area contributed by atoms with Crippen LogP contribution in [0, 0.1) is 5.92 Å². The Morgan fingerprint density at radius 3 is 2.73 bits per heavy atom. The molecule has 0 unspecified atom stereocenters. The zero-order valence-electron chi connectivity index (χ0n) is 8.60. The highest BCUT2D eigenvalue weighted by Crippen LogP contribution is 2.20. The molecule has 1 rings (SSSR count). The second kappa shape index (κ2) is 6.24. The van der Waals surface area contributed by atoms with Crippen molar-refractivity contribution in [3.8, 4) is 0 Å². The lowest BCUT2D eigenvalue weighted by atomic mass is 9.94. The maximum atomic E-state index is 12.1. The summed E-state index contributed by atoms with van der Waals surface area (Å²) in [4.78, 5) is 15.6. The smallest absolute Gasteiger partial charge is 0.228 e. The third-order valence-electron chi connectivity index (χ3n) is 2.75. The molecule has 5 nitrogen and oxygen atoms in total. The fourth-order valence-corrected chi connectivity index (χ4v) is 1.82. The van der Waals surface area contributed by atoms with Crippen LogP contribution in [0.2, 0.25) is 0 Å². The first-order valence-electron chi connectivity index (χ1n) is 5.12. The van der Waals surface area contributed by atoms with Crippen LogP contribution in [0.4, 0.5) is 4.39 Å². The molecular weight excluding hydrogens is 199 g/mol. The minimum Gasteiger partial charge on any atom is -0.343 e. The number of likely N-dealkylation sites (tertiary alicyclic amines) is 1. The van der Waals surface area contributed by atoms with Crippen molar-refractivity contribution >= 4 is 5.91 Å². The molecule has 1 amide bonds. The number of hydrogen-bond donors (Lipinski definition) is 0. The van der Waals surface area contributed by atoms with E-state index in [1.54, 1.807) is 4.90 Å². The zero-order valence-corrected chi connectivity index (χ0v) is 8.60. The van der Waals surface area contributed by atoms with Crippen LogP contribution >= 0.6 is 0 Å². The van der Waals surface area contributed by atoms with Crippen molar-refractivity contribution in [1.29, 1.82) is 0 Å². The number of rotatable bonds is 4. The maximum Gasteiger partial charge on any atom is 0.228 e. The van der Waals surface area contributed by atoms with Crippen LogP contribution in [0.25, 0.3) is 10.4 Å². The van der Waals surface area contributed by atoms with Crippen LogP contribution in [-0.2, 0) is 4.79 Å². The van der Waals surface area contributed by atoms with Crippen molar-refractivity contribution < 1.29 is 9.18 Å². The molecule has 6 heteroatoms. The highest BCUT2D eigenvalue weighted by Gasteiger charge is 2.21. The molecule has 15 heavy (non-hydrogen) atoms. The second-order valence-corrected chi connectivity index (χ2v) is 3.69. The third kappa shape index (κ3) is 3.75. The molecule has 1 fully saturated rings. The molecule has 0 radical (unpaired) electrons. The number of hydrogen-bond acceptors (Lipinski definition) is 2. The summed E-state index contributed by atoms with van der Waals surface area (Å²) in [6.45, 7) is 0.927. The Hall–Kier alpha value is -1.29. The van der Waals surface area contributed by atoms with Crippen molar-refractivity contribution in [3.05, 3.63) is 10.4 Å². The Bertz CT molecular complexity index is 257. The predicted molar refractivity (Wildman–Crippen MR) is 53.9 cm³/mol. The van der Waals surface area contributed by atoms with Gasteiger partial charge in [0.2, 0.25) is 5.91 Å². The average molecular weight is 214 g/mol. The molecule has 1 aliphatic heterocycles. The topological polar surface area (TPSA) is 69.1 Å². The molecule has 0 N–H and O–H groups in total. The Morgan fingerprint density at radius 1 is 1.53 bits per heavy atom. The van der Waals surface area contributed by atoms with Crippen molar-refractivity contribution in [1.82, 2.24) is 4.90 Å². The van der Waals surface area contributed by atoms with Crippen LogP contribution in [0.3, 0.4) is 0 Å². The summed E-state index contributed by atoms with van der Waals surface area (Å²) in [6.07, 6.45) is 2.30. The van der Waals surface area contributed by atoms with E-state index in [-0.39, 0.29) is 19.1 Å². The van der Waals surface area contributed by atoms with Crippen molar-refractivity contribution in [2.75, 3.05) is 26.3 Å². The van der Waals surface area contributed by atoms with Gasteiger partial charge in [-0.05, 0) is 30.7 Å². The van der Waals surface area contributed by atoms with Gasteiger partial charge in [0.25, 0.3) is 0 Å². The molecule has 0 atom stereocenters. The highest BCUT2D eigenvalue weighted by atomic mass is 19.1. The number of halogens is 1. The minimum absolute atomic E-state index is 0.107. The molecule has 1 saturated heterocycles. The van der Waals surface area contributed by atoms with E-state index in [4.69, 9.17) is 5.53 Å². The van der Waals surface area contributed by atoms with Gasteiger partial charge in [0.15, 0.2) is 0 Å². The van der Waals surface area contributed by atoms with Crippen LogP contribution in [-0.4, -0.2) is 37.1 Å². The first kappa shape index (κ1) is 11.8. The number of azide groups is 1. The van der Waals surface area contributed by atoms with Gasteiger partial charge >= 0.3 is 0 Å². The predicted octanol–water partition coefficient (Wildman–Crippen LogP) is 1.89. The Morgan fingerprint density at radius 2 is 2.20 bits per heavy atom. The van der Waals surface area contributed by atoms with Gasteiger partial charge in [-0.25, -0.2) is 0 Å². The molecule has 0 aromatic carbocycles. The number of amides is 1. The fraction of sp³-hybridized carbons (Fsp3) is 0.889. The molecule has 0 aliphatic carbocycles. The van der Waals surface area contributed by atoms with Gasteiger partial charge in [0, 0.05) is 18.0 Å². The number of alkyl halides is 1. The lowest BCUT2D eigenvalue weighted by Crippen LogP contribution is -2.39. The van der Waals surface area contributed by atoms with Gasteiger partial charge in [-0.1, -0.05) is 5.11 Å². The third-order valence-corrected chi connectivity index (χ3v) is 2.75. The van der Waals surface area contributed by atoms with E-state index in [0.29, 0.717) is 25.4 Å². The Kier molecular flexibility index (Phi) is 4.90.